The molecule has 2 nitrogen and oxygen atoms in total. The molecule has 0 aliphatic heterocycles. The molecule has 0 bridgehead atoms. The highest BCUT2D eigenvalue weighted by molar-refractivity contribution is 5.94. The first-order chi connectivity index (χ1) is 9.69. The van der Waals surface area contributed by atoms with Crippen LogP contribution in [0.25, 0.3) is 22.0 Å². The molecule has 3 rings (SSSR count). The van der Waals surface area contributed by atoms with Gasteiger partial charge in [-0.1, -0.05) is 12.1 Å². The van der Waals surface area contributed by atoms with Crippen molar-refractivity contribution in [1.29, 1.82) is 5.26 Å². The van der Waals surface area contributed by atoms with E-state index >= 15 is 0 Å². The lowest BCUT2D eigenvalue weighted by Crippen LogP contribution is -1.90. The maximum Gasteiger partial charge on any atom is 0.124 e. The first-order valence-corrected chi connectivity index (χ1v) is 6.24. The van der Waals surface area contributed by atoms with E-state index in [4.69, 9.17) is 5.26 Å². The van der Waals surface area contributed by atoms with E-state index in [9.17, 15) is 4.39 Å². The maximum atomic E-state index is 13.8. The smallest absolute Gasteiger partial charge is 0.124 e. The fourth-order valence-electron chi connectivity index (χ4n) is 2.40. The largest absolute Gasteiger partial charge is 0.256 e. The maximum absolute atomic E-state index is 13.8. The number of fused-ring (bicyclic) bond motifs is 1. The highest BCUT2D eigenvalue weighted by Crippen LogP contribution is 2.31. The van der Waals surface area contributed by atoms with Gasteiger partial charge in [0.15, 0.2) is 0 Å². The third-order valence-corrected chi connectivity index (χ3v) is 3.32. The molecule has 96 valence electrons. The van der Waals surface area contributed by atoms with Gasteiger partial charge in [0.25, 0.3) is 0 Å². The molecular weight excluding hydrogens is 251 g/mol. The van der Waals surface area contributed by atoms with Crippen LogP contribution in [0.5, 0.6) is 0 Å². The summed E-state index contributed by atoms with van der Waals surface area (Å²) in [5.41, 5.74) is 3.94. The van der Waals surface area contributed by atoms with E-state index < -0.39 is 0 Å². The number of halogens is 1. The Morgan fingerprint density at radius 3 is 2.70 bits per heavy atom. The summed E-state index contributed by atoms with van der Waals surface area (Å²) in [6, 6.07) is 14.1. The average molecular weight is 262 g/mol. The molecule has 0 saturated heterocycles. The number of pyridine rings is 1. The monoisotopic (exact) mass is 262 g/mol. The van der Waals surface area contributed by atoms with Gasteiger partial charge in [0.05, 0.1) is 17.1 Å². The summed E-state index contributed by atoms with van der Waals surface area (Å²) in [5, 5.41) is 9.69. The molecule has 0 unspecified atom stereocenters. The minimum absolute atomic E-state index is 0.288. The van der Waals surface area contributed by atoms with Gasteiger partial charge in [-0.15, -0.1) is 0 Å². The molecule has 0 aliphatic carbocycles. The van der Waals surface area contributed by atoms with E-state index in [1.165, 1.54) is 12.1 Å². The fourth-order valence-corrected chi connectivity index (χ4v) is 2.40. The Morgan fingerprint density at radius 2 is 1.95 bits per heavy atom. The quantitative estimate of drug-likeness (QED) is 0.658. The predicted molar refractivity (Wildman–Crippen MR) is 76.6 cm³/mol. The summed E-state index contributed by atoms with van der Waals surface area (Å²) in [7, 11) is 0. The van der Waals surface area contributed by atoms with E-state index in [0.29, 0.717) is 5.56 Å². The zero-order chi connectivity index (χ0) is 14.1. The lowest BCUT2D eigenvalue weighted by molar-refractivity contribution is 0.630. The zero-order valence-corrected chi connectivity index (χ0v) is 10.9. The van der Waals surface area contributed by atoms with Crippen molar-refractivity contribution < 1.29 is 4.39 Å². The van der Waals surface area contributed by atoms with Crippen molar-refractivity contribution in [3.05, 3.63) is 65.6 Å². The van der Waals surface area contributed by atoms with Crippen LogP contribution in [0.4, 0.5) is 4.39 Å². The first kappa shape index (κ1) is 12.3. The van der Waals surface area contributed by atoms with Gasteiger partial charge in [-0.25, -0.2) is 4.39 Å². The Kier molecular flexibility index (Phi) is 2.92. The Labute approximate surface area is 116 Å². The van der Waals surface area contributed by atoms with Crippen molar-refractivity contribution in [1.82, 2.24) is 4.98 Å². The molecule has 0 atom stereocenters. The van der Waals surface area contributed by atoms with Crippen LogP contribution >= 0.6 is 0 Å². The van der Waals surface area contributed by atoms with Gasteiger partial charge in [0, 0.05) is 17.1 Å². The number of nitriles is 1. The van der Waals surface area contributed by atoms with Crippen LogP contribution < -0.4 is 0 Å². The summed E-state index contributed by atoms with van der Waals surface area (Å²) in [4.78, 5) is 4.35. The summed E-state index contributed by atoms with van der Waals surface area (Å²) in [5.74, 6) is -0.288. The molecule has 20 heavy (non-hydrogen) atoms. The van der Waals surface area contributed by atoms with Crippen LogP contribution in [0.2, 0.25) is 0 Å². The molecule has 0 radical (unpaired) electrons. The Bertz CT molecular complexity index is 847. The second-order valence-electron chi connectivity index (χ2n) is 4.67. The number of rotatable bonds is 1. The number of hydrogen-bond donors (Lipinski definition) is 0. The number of benzene rings is 2. The third kappa shape index (κ3) is 2.02. The molecule has 0 fully saturated rings. The van der Waals surface area contributed by atoms with Crippen molar-refractivity contribution >= 4 is 10.9 Å². The summed E-state index contributed by atoms with van der Waals surface area (Å²) < 4.78 is 13.8. The minimum Gasteiger partial charge on any atom is -0.256 e. The van der Waals surface area contributed by atoms with Gasteiger partial charge in [-0.3, -0.25) is 4.98 Å². The molecular formula is C17H11FN2. The summed E-state index contributed by atoms with van der Waals surface area (Å²) in [6.45, 7) is 1.91. The molecule has 0 amide bonds. The average Bonchev–Trinajstić information content (AvgIpc) is 2.46. The van der Waals surface area contributed by atoms with Gasteiger partial charge in [-0.05, 0) is 48.4 Å². The van der Waals surface area contributed by atoms with Crippen LogP contribution in [0, 0.1) is 24.1 Å². The highest BCUT2D eigenvalue weighted by atomic mass is 19.1. The Hall–Kier alpha value is -2.73. The molecule has 0 aliphatic rings. The summed E-state index contributed by atoms with van der Waals surface area (Å²) in [6.07, 6.45) is 1.70. The first-order valence-electron chi connectivity index (χ1n) is 6.24. The number of aryl methyl sites for hydroxylation is 1. The van der Waals surface area contributed by atoms with E-state index in [2.05, 4.69) is 11.1 Å². The van der Waals surface area contributed by atoms with Crippen LogP contribution in [0.15, 0.2) is 48.7 Å². The minimum atomic E-state index is -0.288. The predicted octanol–water partition coefficient (Wildman–Crippen LogP) is 4.22. The van der Waals surface area contributed by atoms with Crippen LogP contribution in [-0.2, 0) is 0 Å². The second kappa shape index (κ2) is 4.75. The van der Waals surface area contributed by atoms with E-state index in [0.717, 1.165) is 27.6 Å². The number of hydrogen-bond acceptors (Lipinski definition) is 2. The Morgan fingerprint density at radius 1 is 1.10 bits per heavy atom. The van der Waals surface area contributed by atoms with Gasteiger partial charge in [0.1, 0.15) is 5.82 Å². The SMILES string of the molecule is Cc1cc(C#N)ccc1-c1cc(F)cc2cccnc12. The fraction of sp³-hybridized carbons (Fsp3) is 0.0588. The lowest BCUT2D eigenvalue weighted by Gasteiger charge is -2.09. The van der Waals surface area contributed by atoms with Gasteiger partial charge in [-0.2, -0.15) is 5.26 Å². The number of nitrogens with zero attached hydrogens (tertiary/aromatic N) is 2. The molecule has 3 aromatic rings. The lowest BCUT2D eigenvalue weighted by atomic mass is 9.96. The third-order valence-electron chi connectivity index (χ3n) is 3.32. The van der Waals surface area contributed by atoms with Gasteiger partial charge >= 0.3 is 0 Å². The molecule has 0 N–H and O–H groups in total. The Balaban J connectivity index is 2.32. The normalized spacial score (nSPS) is 10.4. The molecule has 1 heterocycles. The molecule has 0 saturated carbocycles. The van der Waals surface area contributed by atoms with Crippen molar-refractivity contribution in [3.8, 4) is 17.2 Å². The van der Waals surface area contributed by atoms with E-state index in [1.54, 1.807) is 24.4 Å². The molecule has 1 aromatic heterocycles. The molecule has 0 spiro atoms. The van der Waals surface area contributed by atoms with Crippen LogP contribution in [0.3, 0.4) is 0 Å². The summed E-state index contributed by atoms with van der Waals surface area (Å²) >= 11 is 0. The van der Waals surface area contributed by atoms with Gasteiger partial charge < -0.3 is 0 Å². The standard InChI is InChI=1S/C17H11FN2/c1-11-7-12(10-19)4-5-15(11)16-9-14(18)8-13-3-2-6-20-17(13)16/h2-9H,1H3. The topological polar surface area (TPSA) is 36.7 Å². The van der Waals surface area contributed by atoms with Crippen LogP contribution in [0.1, 0.15) is 11.1 Å². The number of aromatic nitrogens is 1. The van der Waals surface area contributed by atoms with Crippen molar-refractivity contribution in [2.45, 2.75) is 6.92 Å². The van der Waals surface area contributed by atoms with E-state index in [-0.39, 0.29) is 5.82 Å². The van der Waals surface area contributed by atoms with Crippen molar-refractivity contribution in [2.75, 3.05) is 0 Å². The van der Waals surface area contributed by atoms with Crippen molar-refractivity contribution in [3.63, 3.8) is 0 Å². The zero-order valence-electron chi connectivity index (χ0n) is 10.9. The molecule has 3 heteroatoms. The highest BCUT2D eigenvalue weighted by Gasteiger charge is 2.10. The van der Waals surface area contributed by atoms with E-state index in [1.807, 2.05) is 19.1 Å². The second-order valence-corrected chi connectivity index (χ2v) is 4.67. The van der Waals surface area contributed by atoms with Crippen LogP contribution in [-0.4, -0.2) is 4.98 Å². The molecule has 2 aromatic carbocycles. The van der Waals surface area contributed by atoms with Gasteiger partial charge in [0.2, 0.25) is 0 Å². The van der Waals surface area contributed by atoms with Crippen molar-refractivity contribution in [2.24, 2.45) is 0 Å².